The number of aliphatic hydroxyl groups is 1. The third-order valence-corrected chi connectivity index (χ3v) is 3.73. The molecule has 0 spiro atoms. The minimum absolute atomic E-state index is 0.00139. The maximum Gasteiger partial charge on any atom is 0.254 e. The number of benzene rings is 1. The molecule has 0 saturated carbocycles. The molecule has 4 heteroatoms. The van der Waals surface area contributed by atoms with Crippen LogP contribution in [0.4, 0.5) is 5.69 Å². The lowest BCUT2D eigenvalue weighted by molar-refractivity contribution is 0.0622. The molecule has 112 valence electrons. The van der Waals surface area contributed by atoms with E-state index in [1.54, 1.807) is 4.90 Å². The van der Waals surface area contributed by atoms with Crippen molar-refractivity contribution in [1.82, 2.24) is 4.90 Å². The van der Waals surface area contributed by atoms with Gasteiger partial charge in [0.15, 0.2) is 0 Å². The highest BCUT2D eigenvalue weighted by Crippen LogP contribution is 2.19. The lowest BCUT2D eigenvalue weighted by atomic mass is 10.1. The van der Waals surface area contributed by atoms with E-state index in [0.717, 1.165) is 24.1 Å². The summed E-state index contributed by atoms with van der Waals surface area (Å²) in [5, 5.41) is 12.3. The van der Waals surface area contributed by atoms with Crippen LogP contribution in [0.2, 0.25) is 0 Å². The highest BCUT2D eigenvalue weighted by molar-refractivity contribution is 5.95. The first-order valence-electron chi connectivity index (χ1n) is 7.29. The largest absolute Gasteiger partial charge is 0.395 e. The predicted octanol–water partition coefficient (Wildman–Crippen LogP) is 2.66. The van der Waals surface area contributed by atoms with E-state index in [4.69, 9.17) is 0 Å². The zero-order chi connectivity index (χ0) is 15.1. The number of carbonyl (C=O) groups is 1. The fraction of sp³-hybridized carbons (Fsp3) is 0.562. The van der Waals surface area contributed by atoms with E-state index in [1.807, 2.05) is 32.2 Å². The first kappa shape index (κ1) is 16.5. The number of carbonyl (C=O) groups excluding carboxylic acids is 1. The lowest BCUT2D eigenvalue weighted by Crippen LogP contribution is -2.41. The van der Waals surface area contributed by atoms with Gasteiger partial charge >= 0.3 is 0 Å². The first-order valence-corrected chi connectivity index (χ1v) is 7.29. The average Bonchev–Trinajstić information content (AvgIpc) is 2.46. The molecule has 1 rings (SSSR count). The summed E-state index contributed by atoms with van der Waals surface area (Å²) in [7, 11) is 1.87. The van der Waals surface area contributed by atoms with Crippen LogP contribution in [0.5, 0.6) is 0 Å². The molecule has 20 heavy (non-hydrogen) atoms. The summed E-state index contributed by atoms with van der Waals surface area (Å²) in [6.07, 6.45) is 1.80. The fourth-order valence-electron chi connectivity index (χ4n) is 2.53. The molecule has 1 amide bonds. The van der Waals surface area contributed by atoms with Gasteiger partial charge < -0.3 is 15.3 Å². The minimum Gasteiger partial charge on any atom is -0.395 e. The van der Waals surface area contributed by atoms with Crippen LogP contribution in [0.25, 0.3) is 0 Å². The highest BCUT2D eigenvalue weighted by atomic mass is 16.3. The molecule has 0 aromatic heterocycles. The van der Waals surface area contributed by atoms with Crippen molar-refractivity contribution in [2.75, 3.05) is 25.5 Å². The van der Waals surface area contributed by atoms with Crippen LogP contribution in [0, 0.1) is 6.92 Å². The standard InChI is InChI=1S/C16H26N2O2/c1-5-14(6-2)18(9-10-19)16(20)13-7-8-15(17-4)12(3)11-13/h7-8,11,14,17,19H,5-6,9-10H2,1-4H3. The highest BCUT2D eigenvalue weighted by Gasteiger charge is 2.22. The van der Waals surface area contributed by atoms with Crippen molar-refractivity contribution in [3.05, 3.63) is 29.3 Å². The quantitative estimate of drug-likeness (QED) is 0.806. The Morgan fingerprint density at radius 3 is 2.45 bits per heavy atom. The van der Waals surface area contributed by atoms with E-state index in [1.165, 1.54) is 0 Å². The summed E-state index contributed by atoms with van der Waals surface area (Å²) in [6.45, 7) is 6.51. The zero-order valence-electron chi connectivity index (χ0n) is 12.9. The summed E-state index contributed by atoms with van der Waals surface area (Å²) >= 11 is 0. The van der Waals surface area contributed by atoms with Crippen LogP contribution in [0.1, 0.15) is 42.6 Å². The molecule has 0 aliphatic rings. The van der Waals surface area contributed by atoms with Crippen LogP contribution in [0.3, 0.4) is 0 Å². The van der Waals surface area contributed by atoms with Crippen molar-refractivity contribution >= 4 is 11.6 Å². The summed E-state index contributed by atoms with van der Waals surface area (Å²) in [4.78, 5) is 14.4. The number of hydrogen-bond acceptors (Lipinski definition) is 3. The second kappa shape index (κ2) is 7.90. The second-order valence-corrected chi connectivity index (χ2v) is 4.97. The van der Waals surface area contributed by atoms with E-state index >= 15 is 0 Å². The molecule has 0 aliphatic carbocycles. The molecule has 0 atom stereocenters. The Bertz CT molecular complexity index is 442. The van der Waals surface area contributed by atoms with Gasteiger partial charge in [0.1, 0.15) is 0 Å². The van der Waals surface area contributed by atoms with Gasteiger partial charge in [-0.3, -0.25) is 4.79 Å². The van der Waals surface area contributed by atoms with E-state index < -0.39 is 0 Å². The number of hydrogen-bond donors (Lipinski definition) is 2. The number of nitrogens with one attached hydrogen (secondary N) is 1. The summed E-state index contributed by atoms with van der Waals surface area (Å²) < 4.78 is 0. The first-order chi connectivity index (χ1) is 9.58. The van der Waals surface area contributed by atoms with Crippen LogP contribution in [-0.2, 0) is 0 Å². The molecule has 0 saturated heterocycles. The third kappa shape index (κ3) is 3.73. The molecular formula is C16H26N2O2. The molecule has 0 aliphatic heterocycles. The average molecular weight is 278 g/mol. The van der Waals surface area contributed by atoms with Gasteiger partial charge in [0.05, 0.1) is 6.61 Å². The number of aryl methyl sites for hydroxylation is 1. The molecule has 0 unspecified atom stereocenters. The maximum atomic E-state index is 12.6. The number of amides is 1. The smallest absolute Gasteiger partial charge is 0.254 e. The van der Waals surface area contributed by atoms with Gasteiger partial charge in [0, 0.05) is 30.9 Å². The zero-order valence-corrected chi connectivity index (χ0v) is 12.9. The van der Waals surface area contributed by atoms with Crippen LogP contribution < -0.4 is 5.32 Å². The van der Waals surface area contributed by atoms with Gasteiger partial charge in [0.2, 0.25) is 0 Å². The monoisotopic (exact) mass is 278 g/mol. The summed E-state index contributed by atoms with van der Waals surface area (Å²) in [6, 6.07) is 5.85. The molecule has 0 heterocycles. The normalized spacial score (nSPS) is 10.7. The van der Waals surface area contributed by atoms with Crippen molar-refractivity contribution < 1.29 is 9.90 Å². The predicted molar refractivity (Wildman–Crippen MR) is 83.2 cm³/mol. The van der Waals surface area contributed by atoms with Gasteiger partial charge in [0.25, 0.3) is 5.91 Å². The Hall–Kier alpha value is -1.55. The number of aliphatic hydroxyl groups excluding tert-OH is 1. The molecule has 4 nitrogen and oxygen atoms in total. The molecule has 2 N–H and O–H groups in total. The minimum atomic E-state index is -0.00415. The molecular weight excluding hydrogens is 252 g/mol. The Morgan fingerprint density at radius 1 is 1.35 bits per heavy atom. The van der Waals surface area contributed by atoms with Gasteiger partial charge in [-0.25, -0.2) is 0 Å². The summed E-state index contributed by atoms with van der Waals surface area (Å²) in [5.41, 5.74) is 2.76. The van der Waals surface area contributed by atoms with Crippen LogP contribution in [-0.4, -0.2) is 42.2 Å². The van der Waals surface area contributed by atoms with Gasteiger partial charge in [-0.15, -0.1) is 0 Å². The van der Waals surface area contributed by atoms with Gasteiger partial charge in [-0.2, -0.15) is 0 Å². The van der Waals surface area contributed by atoms with Gasteiger partial charge in [-0.05, 0) is 43.5 Å². The van der Waals surface area contributed by atoms with E-state index in [-0.39, 0.29) is 18.6 Å². The maximum absolute atomic E-state index is 12.6. The lowest BCUT2D eigenvalue weighted by Gasteiger charge is -2.30. The topological polar surface area (TPSA) is 52.6 Å². The van der Waals surface area contributed by atoms with E-state index in [2.05, 4.69) is 19.2 Å². The number of nitrogens with zero attached hydrogens (tertiary/aromatic N) is 1. The molecule has 0 radical (unpaired) electrons. The van der Waals surface area contributed by atoms with Crippen molar-refractivity contribution in [2.45, 2.75) is 39.7 Å². The Labute approximate surface area is 121 Å². The van der Waals surface area contributed by atoms with E-state index in [0.29, 0.717) is 12.1 Å². The summed E-state index contributed by atoms with van der Waals surface area (Å²) in [5.74, 6) is -0.00139. The molecule has 1 aromatic rings. The third-order valence-electron chi connectivity index (χ3n) is 3.73. The van der Waals surface area contributed by atoms with E-state index in [9.17, 15) is 9.90 Å². The van der Waals surface area contributed by atoms with Crippen molar-refractivity contribution in [3.63, 3.8) is 0 Å². The van der Waals surface area contributed by atoms with Gasteiger partial charge in [-0.1, -0.05) is 13.8 Å². The molecule has 0 bridgehead atoms. The molecule has 1 aromatic carbocycles. The fourth-order valence-corrected chi connectivity index (χ4v) is 2.53. The SMILES string of the molecule is CCC(CC)N(CCO)C(=O)c1ccc(NC)c(C)c1. The number of anilines is 1. The van der Waals surface area contributed by atoms with Crippen molar-refractivity contribution in [3.8, 4) is 0 Å². The number of rotatable bonds is 7. The molecule has 0 fully saturated rings. The van der Waals surface area contributed by atoms with Crippen LogP contribution in [0.15, 0.2) is 18.2 Å². The van der Waals surface area contributed by atoms with Crippen molar-refractivity contribution in [1.29, 1.82) is 0 Å². The van der Waals surface area contributed by atoms with Crippen molar-refractivity contribution in [2.24, 2.45) is 0 Å². The second-order valence-electron chi connectivity index (χ2n) is 4.97. The Morgan fingerprint density at radius 2 is 2.00 bits per heavy atom. The Kier molecular flexibility index (Phi) is 6.52. The van der Waals surface area contributed by atoms with Crippen LogP contribution >= 0.6 is 0 Å². The Balaban J connectivity index is 3.02.